The summed E-state index contributed by atoms with van der Waals surface area (Å²) in [5.74, 6) is 0. The summed E-state index contributed by atoms with van der Waals surface area (Å²) < 4.78 is 1.76. The van der Waals surface area contributed by atoms with E-state index < -0.39 is 4.92 Å². The molecule has 0 amide bonds. The number of rotatable bonds is 5. The van der Waals surface area contributed by atoms with E-state index >= 15 is 0 Å². The maximum atomic E-state index is 10.9. The topological polar surface area (TPSA) is 86.7 Å². The Kier molecular flexibility index (Phi) is 4.33. The van der Waals surface area contributed by atoms with Gasteiger partial charge in [0.25, 0.3) is 5.69 Å². The number of pyridine rings is 2. The third-order valence-corrected chi connectivity index (χ3v) is 3.70. The average molecular weight is 323 g/mol. The number of aromatic nitrogens is 4. The number of nitrogens with zero attached hydrogens (tertiary/aromatic N) is 5. The molecule has 0 N–H and O–H groups in total. The van der Waals surface area contributed by atoms with Gasteiger partial charge >= 0.3 is 0 Å². The highest BCUT2D eigenvalue weighted by molar-refractivity contribution is 5.60. The molecule has 0 aliphatic rings. The van der Waals surface area contributed by atoms with E-state index in [9.17, 15) is 10.1 Å². The second kappa shape index (κ2) is 6.57. The van der Waals surface area contributed by atoms with Crippen LogP contribution in [0.25, 0.3) is 16.9 Å². The van der Waals surface area contributed by atoms with Gasteiger partial charge in [0, 0.05) is 29.7 Å². The lowest BCUT2D eigenvalue weighted by atomic mass is 10.2. The van der Waals surface area contributed by atoms with Gasteiger partial charge in [0.2, 0.25) is 0 Å². The van der Waals surface area contributed by atoms with Crippen LogP contribution >= 0.6 is 0 Å². The summed E-state index contributed by atoms with van der Waals surface area (Å²) in [5, 5.41) is 15.3. The Morgan fingerprint density at radius 3 is 2.83 bits per heavy atom. The summed E-state index contributed by atoms with van der Waals surface area (Å²) in [4.78, 5) is 19.1. The molecule has 0 aliphatic carbocycles. The molecule has 3 aromatic heterocycles. The molecule has 0 aliphatic heterocycles. The van der Waals surface area contributed by atoms with E-state index in [1.165, 1.54) is 6.07 Å². The molecule has 0 fully saturated rings. The molecule has 0 atom stereocenters. The third kappa shape index (κ3) is 3.15. The van der Waals surface area contributed by atoms with Crippen molar-refractivity contribution in [1.82, 2.24) is 19.7 Å². The summed E-state index contributed by atoms with van der Waals surface area (Å²) in [7, 11) is 0. The smallest absolute Gasteiger partial charge is 0.261 e. The van der Waals surface area contributed by atoms with Crippen LogP contribution in [0.15, 0.2) is 42.9 Å². The SMILES string of the molecule is CCCc1cc(-n2cc(-c3ccc([N+](=O)[O-])c(C)n3)cn2)ccn1. The molecule has 0 unspecified atom stereocenters. The lowest BCUT2D eigenvalue weighted by Crippen LogP contribution is -1.97. The van der Waals surface area contributed by atoms with Crippen molar-refractivity contribution in [2.75, 3.05) is 0 Å². The summed E-state index contributed by atoms with van der Waals surface area (Å²) in [6.07, 6.45) is 7.29. The van der Waals surface area contributed by atoms with Crippen LogP contribution in [0.3, 0.4) is 0 Å². The lowest BCUT2D eigenvalue weighted by Gasteiger charge is -2.03. The zero-order valence-electron chi connectivity index (χ0n) is 13.5. The van der Waals surface area contributed by atoms with Crippen LogP contribution in [0.2, 0.25) is 0 Å². The molecule has 0 saturated heterocycles. The van der Waals surface area contributed by atoms with E-state index in [-0.39, 0.29) is 5.69 Å². The van der Waals surface area contributed by atoms with E-state index in [1.807, 2.05) is 18.3 Å². The lowest BCUT2D eigenvalue weighted by molar-refractivity contribution is -0.385. The van der Waals surface area contributed by atoms with Gasteiger partial charge in [-0.15, -0.1) is 0 Å². The second-order valence-electron chi connectivity index (χ2n) is 5.49. The Bertz CT molecular complexity index is 888. The standard InChI is InChI=1S/C17H17N5O2/c1-3-4-14-9-15(7-8-18-14)21-11-13(10-19-21)16-5-6-17(22(23)24)12(2)20-16/h5-11H,3-4H2,1-2H3. The Morgan fingerprint density at radius 1 is 1.29 bits per heavy atom. The minimum atomic E-state index is -0.429. The van der Waals surface area contributed by atoms with Crippen LogP contribution in [0, 0.1) is 17.0 Å². The van der Waals surface area contributed by atoms with Crippen LogP contribution in [-0.4, -0.2) is 24.7 Å². The van der Waals surface area contributed by atoms with Crippen molar-refractivity contribution >= 4 is 5.69 Å². The van der Waals surface area contributed by atoms with Crippen molar-refractivity contribution in [3.05, 3.63) is 64.4 Å². The molecule has 0 saturated carbocycles. The fraction of sp³-hybridized carbons (Fsp3) is 0.235. The molecular weight excluding hydrogens is 306 g/mol. The van der Waals surface area contributed by atoms with Crippen molar-refractivity contribution in [2.45, 2.75) is 26.7 Å². The number of hydrogen-bond acceptors (Lipinski definition) is 5. The summed E-state index contributed by atoms with van der Waals surface area (Å²) in [6.45, 7) is 3.74. The number of hydrogen-bond donors (Lipinski definition) is 0. The van der Waals surface area contributed by atoms with E-state index in [2.05, 4.69) is 22.0 Å². The third-order valence-electron chi connectivity index (χ3n) is 3.70. The minimum Gasteiger partial charge on any atom is -0.261 e. The maximum Gasteiger partial charge on any atom is 0.290 e. The highest BCUT2D eigenvalue weighted by atomic mass is 16.6. The molecule has 7 nitrogen and oxygen atoms in total. The van der Waals surface area contributed by atoms with Crippen molar-refractivity contribution in [3.8, 4) is 16.9 Å². The molecule has 0 bridgehead atoms. The first-order valence-electron chi connectivity index (χ1n) is 7.71. The molecule has 0 radical (unpaired) electrons. The predicted molar refractivity (Wildman–Crippen MR) is 90.0 cm³/mol. The van der Waals surface area contributed by atoms with E-state index in [1.54, 1.807) is 30.1 Å². The van der Waals surface area contributed by atoms with Crippen LogP contribution in [0.1, 0.15) is 24.7 Å². The Hall–Kier alpha value is -3.09. The van der Waals surface area contributed by atoms with Gasteiger partial charge in [-0.2, -0.15) is 5.10 Å². The van der Waals surface area contributed by atoms with Crippen LogP contribution in [-0.2, 0) is 6.42 Å². The Morgan fingerprint density at radius 2 is 2.12 bits per heavy atom. The molecule has 24 heavy (non-hydrogen) atoms. The first kappa shape index (κ1) is 15.8. The molecular formula is C17H17N5O2. The zero-order chi connectivity index (χ0) is 17.1. The van der Waals surface area contributed by atoms with Gasteiger partial charge in [0.05, 0.1) is 22.5 Å². The van der Waals surface area contributed by atoms with Gasteiger partial charge < -0.3 is 0 Å². The molecule has 7 heteroatoms. The maximum absolute atomic E-state index is 10.9. The Balaban J connectivity index is 1.92. The molecule has 3 aromatic rings. The van der Waals surface area contributed by atoms with Crippen LogP contribution < -0.4 is 0 Å². The van der Waals surface area contributed by atoms with Gasteiger partial charge in [-0.1, -0.05) is 13.3 Å². The van der Waals surface area contributed by atoms with Crippen molar-refractivity contribution in [2.24, 2.45) is 0 Å². The highest BCUT2D eigenvalue weighted by Gasteiger charge is 2.13. The van der Waals surface area contributed by atoms with Crippen molar-refractivity contribution in [1.29, 1.82) is 0 Å². The van der Waals surface area contributed by atoms with Crippen molar-refractivity contribution < 1.29 is 4.92 Å². The predicted octanol–water partition coefficient (Wildman–Crippen LogP) is 3.50. The Labute approximate surface area is 139 Å². The number of aryl methyl sites for hydroxylation is 2. The van der Waals surface area contributed by atoms with Gasteiger partial charge in [-0.25, -0.2) is 9.67 Å². The quantitative estimate of drug-likeness (QED) is 0.530. The summed E-state index contributed by atoms with van der Waals surface area (Å²) in [5.41, 5.74) is 3.83. The van der Waals surface area contributed by atoms with E-state index in [0.29, 0.717) is 11.4 Å². The monoisotopic (exact) mass is 323 g/mol. The van der Waals surface area contributed by atoms with Crippen LogP contribution in [0.5, 0.6) is 0 Å². The largest absolute Gasteiger partial charge is 0.290 e. The van der Waals surface area contributed by atoms with Crippen molar-refractivity contribution in [3.63, 3.8) is 0 Å². The van der Waals surface area contributed by atoms with Gasteiger partial charge in [-0.3, -0.25) is 15.1 Å². The molecule has 0 spiro atoms. The second-order valence-corrected chi connectivity index (χ2v) is 5.49. The molecule has 3 heterocycles. The number of nitro groups is 1. The van der Waals surface area contributed by atoms with E-state index in [4.69, 9.17) is 0 Å². The molecule has 0 aromatic carbocycles. The first-order valence-corrected chi connectivity index (χ1v) is 7.71. The first-order chi connectivity index (χ1) is 11.6. The average Bonchev–Trinajstić information content (AvgIpc) is 3.05. The zero-order valence-corrected chi connectivity index (χ0v) is 13.5. The van der Waals surface area contributed by atoms with Gasteiger partial charge in [0.1, 0.15) is 5.69 Å². The van der Waals surface area contributed by atoms with Gasteiger partial charge in [0.15, 0.2) is 0 Å². The molecule has 3 rings (SSSR count). The fourth-order valence-corrected chi connectivity index (χ4v) is 2.50. The molecule has 122 valence electrons. The fourth-order valence-electron chi connectivity index (χ4n) is 2.50. The highest BCUT2D eigenvalue weighted by Crippen LogP contribution is 2.23. The minimum absolute atomic E-state index is 0.0180. The summed E-state index contributed by atoms with van der Waals surface area (Å²) in [6, 6.07) is 7.02. The normalized spacial score (nSPS) is 10.8. The summed E-state index contributed by atoms with van der Waals surface area (Å²) >= 11 is 0. The van der Waals surface area contributed by atoms with Crippen LogP contribution in [0.4, 0.5) is 5.69 Å². The van der Waals surface area contributed by atoms with E-state index in [0.717, 1.165) is 29.8 Å². The van der Waals surface area contributed by atoms with Gasteiger partial charge in [-0.05, 0) is 31.5 Å².